The van der Waals surface area contributed by atoms with Gasteiger partial charge in [0, 0.05) is 0 Å². The molecule has 0 aromatic rings. The maximum absolute atomic E-state index is 13.1. The summed E-state index contributed by atoms with van der Waals surface area (Å²) < 4.78 is 24.9. The Morgan fingerprint density at radius 3 is 2.25 bits per heavy atom. The fraction of sp³-hybridized carbons (Fsp3) is 0.786. The standard InChI is InChI=1S/C14H22BFO4/c1-12(2)13(3,4)20-15(19-12)10-5-7-14(9-16,8-6-10)11(17)18/h5H,6-9H2,1-4H3,(H,17,18). The molecule has 112 valence electrons. The molecule has 0 radical (unpaired) electrons. The number of carboxylic acids is 1. The number of halogens is 1. The first-order chi connectivity index (χ1) is 9.13. The molecule has 4 nitrogen and oxygen atoms in total. The van der Waals surface area contributed by atoms with Crippen LogP contribution in [0.15, 0.2) is 11.5 Å². The van der Waals surface area contributed by atoms with Crippen LogP contribution in [0.1, 0.15) is 47.0 Å². The lowest BCUT2D eigenvalue weighted by molar-refractivity contribution is -0.150. The first-order valence-electron chi connectivity index (χ1n) is 6.97. The van der Waals surface area contributed by atoms with Crippen molar-refractivity contribution >= 4 is 13.1 Å². The van der Waals surface area contributed by atoms with E-state index < -0.39 is 36.4 Å². The Morgan fingerprint density at radius 2 is 1.90 bits per heavy atom. The normalized spacial score (nSPS) is 32.0. The average molecular weight is 284 g/mol. The summed E-state index contributed by atoms with van der Waals surface area (Å²) in [5, 5.41) is 9.17. The van der Waals surface area contributed by atoms with E-state index >= 15 is 0 Å². The van der Waals surface area contributed by atoms with Crippen LogP contribution >= 0.6 is 0 Å². The predicted molar refractivity (Wildman–Crippen MR) is 74.1 cm³/mol. The van der Waals surface area contributed by atoms with Gasteiger partial charge in [0.05, 0.1) is 16.6 Å². The molecule has 0 aromatic heterocycles. The molecule has 0 spiro atoms. The molecule has 1 aliphatic heterocycles. The summed E-state index contributed by atoms with van der Waals surface area (Å²) in [4.78, 5) is 11.2. The first-order valence-corrected chi connectivity index (χ1v) is 6.97. The molecular weight excluding hydrogens is 262 g/mol. The molecule has 2 rings (SSSR count). The minimum atomic E-state index is -1.27. The zero-order chi connectivity index (χ0) is 15.2. The molecule has 20 heavy (non-hydrogen) atoms. The van der Waals surface area contributed by atoms with Crippen LogP contribution in [-0.2, 0) is 14.1 Å². The zero-order valence-electron chi connectivity index (χ0n) is 12.5. The molecule has 1 fully saturated rings. The van der Waals surface area contributed by atoms with Gasteiger partial charge in [-0.25, -0.2) is 4.39 Å². The van der Waals surface area contributed by atoms with Gasteiger partial charge in [-0.05, 0) is 52.4 Å². The van der Waals surface area contributed by atoms with Crippen molar-refractivity contribution in [3.05, 3.63) is 11.5 Å². The van der Waals surface area contributed by atoms with Gasteiger partial charge in [0.25, 0.3) is 0 Å². The van der Waals surface area contributed by atoms with Crippen molar-refractivity contribution in [3.63, 3.8) is 0 Å². The molecule has 1 N–H and O–H groups in total. The molecule has 1 atom stereocenters. The lowest BCUT2D eigenvalue weighted by Crippen LogP contribution is -2.41. The molecule has 2 aliphatic rings. The molecule has 1 aliphatic carbocycles. The third-order valence-corrected chi connectivity index (χ3v) is 4.91. The fourth-order valence-electron chi connectivity index (χ4n) is 2.50. The van der Waals surface area contributed by atoms with E-state index in [-0.39, 0.29) is 12.8 Å². The highest BCUT2D eigenvalue weighted by atomic mass is 19.1. The maximum atomic E-state index is 13.1. The van der Waals surface area contributed by atoms with Gasteiger partial charge in [0.2, 0.25) is 0 Å². The summed E-state index contributed by atoms with van der Waals surface area (Å²) in [6.07, 6.45) is 2.75. The Labute approximate surface area is 119 Å². The van der Waals surface area contributed by atoms with Gasteiger partial charge in [-0.1, -0.05) is 6.08 Å². The molecule has 0 saturated carbocycles. The Balaban J connectivity index is 2.13. The maximum Gasteiger partial charge on any atom is 0.490 e. The van der Waals surface area contributed by atoms with Gasteiger partial charge in [-0.2, -0.15) is 0 Å². The Hall–Kier alpha value is -0.875. The number of carboxylic acid groups (broad SMARTS) is 1. The van der Waals surface area contributed by atoms with Gasteiger partial charge in [0.15, 0.2) is 0 Å². The Morgan fingerprint density at radius 1 is 1.35 bits per heavy atom. The molecule has 0 aromatic carbocycles. The lowest BCUT2D eigenvalue weighted by Gasteiger charge is -2.32. The second-order valence-electron chi connectivity index (χ2n) is 6.79. The van der Waals surface area contributed by atoms with Gasteiger partial charge in [-0.15, -0.1) is 0 Å². The predicted octanol–water partition coefficient (Wildman–Crippen LogP) is 2.77. The van der Waals surface area contributed by atoms with Crippen LogP contribution in [0.2, 0.25) is 0 Å². The molecule has 6 heteroatoms. The van der Waals surface area contributed by atoms with E-state index in [0.29, 0.717) is 6.42 Å². The Kier molecular flexibility index (Phi) is 3.76. The van der Waals surface area contributed by atoms with E-state index in [4.69, 9.17) is 9.31 Å². The molecule has 1 unspecified atom stereocenters. The fourth-order valence-corrected chi connectivity index (χ4v) is 2.50. The van der Waals surface area contributed by atoms with Crippen molar-refractivity contribution in [1.29, 1.82) is 0 Å². The quantitative estimate of drug-likeness (QED) is 0.810. The number of rotatable bonds is 3. The molecule has 1 saturated heterocycles. The van der Waals surface area contributed by atoms with Gasteiger partial charge < -0.3 is 14.4 Å². The number of hydrogen-bond donors (Lipinski definition) is 1. The summed E-state index contributed by atoms with van der Waals surface area (Å²) in [5.74, 6) is -1.07. The highest BCUT2D eigenvalue weighted by molar-refractivity contribution is 6.54. The van der Waals surface area contributed by atoms with Crippen LogP contribution in [0.5, 0.6) is 0 Å². The number of carbonyl (C=O) groups is 1. The minimum absolute atomic E-state index is 0.193. The van der Waals surface area contributed by atoms with Crippen LogP contribution in [0, 0.1) is 5.41 Å². The third-order valence-electron chi connectivity index (χ3n) is 4.91. The van der Waals surface area contributed by atoms with E-state index in [1.54, 1.807) is 6.08 Å². The number of hydrogen-bond acceptors (Lipinski definition) is 3. The second-order valence-corrected chi connectivity index (χ2v) is 6.79. The lowest BCUT2D eigenvalue weighted by atomic mass is 9.66. The summed E-state index contributed by atoms with van der Waals surface area (Å²) in [5.41, 5.74) is -1.18. The summed E-state index contributed by atoms with van der Waals surface area (Å²) >= 11 is 0. The molecule has 0 amide bonds. The second kappa shape index (κ2) is 4.84. The van der Waals surface area contributed by atoms with Crippen LogP contribution in [0.25, 0.3) is 0 Å². The van der Waals surface area contributed by atoms with Crippen molar-refractivity contribution in [2.45, 2.75) is 58.2 Å². The number of alkyl halides is 1. The van der Waals surface area contributed by atoms with Crippen molar-refractivity contribution < 1.29 is 23.6 Å². The first kappa shape index (κ1) is 15.5. The largest absolute Gasteiger partial charge is 0.490 e. The van der Waals surface area contributed by atoms with Crippen molar-refractivity contribution in [3.8, 4) is 0 Å². The van der Waals surface area contributed by atoms with Crippen molar-refractivity contribution in [2.24, 2.45) is 5.41 Å². The van der Waals surface area contributed by atoms with Gasteiger partial charge >= 0.3 is 13.1 Å². The summed E-state index contributed by atoms with van der Waals surface area (Å²) in [7, 11) is -0.452. The average Bonchev–Trinajstić information content (AvgIpc) is 2.58. The van der Waals surface area contributed by atoms with Crippen LogP contribution in [-0.4, -0.2) is 36.1 Å². The molecular formula is C14H22BFO4. The van der Waals surface area contributed by atoms with Gasteiger partial charge in [0.1, 0.15) is 6.67 Å². The van der Waals surface area contributed by atoms with E-state index in [1.807, 2.05) is 27.7 Å². The van der Waals surface area contributed by atoms with Crippen molar-refractivity contribution in [1.82, 2.24) is 0 Å². The Bertz CT molecular complexity index is 430. The third kappa shape index (κ3) is 2.39. The highest BCUT2D eigenvalue weighted by Crippen LogP contribution is 2.43. The van der Waals surface area contributed by atoms with E-state index in [0.717, 1.165) is 5.47 Å². The molecule has 1 heterocycles. The van der Waals surface area contributed by atoms with Crippen molar-refractivity contribution in [2.75, 3.05) is 6.67 Å². The van der Waals surface area contributed by atoms with E-state index in [2.05, 4.69) is 0 Å². The summed E-state index contributed by atoms with van der Waals surface area (Å²) in [6.45, 7) is 7.05. The topological polar surface area (TPSA) is 55.8 Å². The van der Waals surface area contributed by atoms with Crippen LogP contribution < -0.4 is 0 Å². The monoisotopic (exact) mass is 284 g/mol. The van der Waals surface area contributed by atoms with Gasteiger partial charge in [-0.3, -0.25) is 4.79 Å². The number of allylic oxidation sites excluding steroid dienone is 2. The van der Waals surface area contributed by atoms with Crippen LogP contribution in [0.3, 0.4) is 0 Å². The number of aliphatic carboxylic acids is 1. The SMILES string of the molecule is CC1(C)OB(C2=CCC(CF)(C(=O)O)CC2)OC1(C)C. The highest BCUT2D eigenvalue weighted by Gasteiger charge is 2.53. The minimum Gasteiger partial charge on any atom is -0.481 e. The molecule has 0 bridgehead atoms. The van der Waals surface area contributed by atoms with Crippen LogP contribution in [0.4, 0.5) is 4.39 Å². The smallest absolute Gasteiger partial charge is 0.481 e. The zero-order valence-corrected chi connectivity index (χ0v) is 12.5. The summed E-state index contributed by atoms with van der Waals surface area (Å²) in [6, 6.07) is 0. The van der Waals surface area contributed by atoms with E-state index in [9.17, 15) is 14.3 Å². The van der Waals surface area contributed by atoms with E-state index in [1.165, 1.54) is 0 Å².